The largest absolute Gasteiger partial charge is 0.348 e. The molecule has 2 rings (SSSR count). The lowest BCUT2D eigenvalue weighted by Gasteiger charge is -2.36. The van der Waals surface area contributed by atoms with Gasteiger partial charge in [-0.2, -0.15) is 0 Å². The minimum atomic E-state index is -1.12. The molecule has 0 spiro atoms. The van der Waals surface area contributed by atoms with Crippen LogP contribution in [0.15, 0.2) is 60.7 Å². The van der Waals surface area contributed by atoms with Crippen molar-refractivity contribution < 1.29 is 14.3 Å². The average Bonchev–Trinajstić information content (AvgIpc) is 2.54. The number of ether oxygens (including phenoxy) is 2. The van der Waals surface area contributed by atoms with E-state index in [1.165, 1.54) is 0 Å². The maximum absolute atomic E-state index is 11.7. The van der Waals surface area contributed by atoms with Crippen LogP contribution < -0.4 is 0 Å². The van der Waals surface area contributed by atoms with Crippen LogP contribution in [0.1, 0.15) is 17.0 Å². The van der Waals surface area contributed by atoms with Gasteiger partial charge in [0, 0.05) is 19.8 Å². The Morgan fingerprint density at radius 1 is 0.900 bits per heavy atom. The van der Waals surface area contributed by atoms with Gasteiger partial charge >= 0.3 is 0 Å². The SMILES string of the molecule is COC(OC)(c1ccccc1)C(C=O)c1ccccc1. The van der Waals surface area contributed by atoms with Crippen LogP contribution in [0.25, 0.3) is 0 Å². The lowest BCUT2D eigenvalue weighted by molar-refractivity contribution is -0.227. The van der Waals surface area contributed by atoms with E-state index < -0.39 is 11.7 Å². The van der Waals surface area contributed by atoms with Crippen LogP contribution in [0, 0.1) is 0 Å². The summed E-state index contributed by atoms with van der Waals surface area (Å²) in [5, 5.41) is 0. The molecule has 0 aliphatic carbocycles. The smallest absolute Gasteiger partial charge is 0.208 e. The predicted octanol–water partition coefficient (Wildman–Crippen LogP) is 3.11. The predicted molar refractivity (Wildman–Crippen MR) is 77.4 cm³/mol. The van der Waals surface area contributed by atoms with Crippen molar-refractivity contribution in [2.75, 3.05) is 14.2 Å². The van der Waals surface area contributed by atoms with Crippen molar-refractivity contribution in [3.05, 3.63) is 71.8 Å². The fraction of sp³-hybridized carbons (Fsp3) is 0.235. The number of carbonyl (C=O) groups is 1. The van der Waals surface area contributed by atoms with Crippen LogP contribution in [0.5, 0.6) is 0 Å². The zero-order chi connectivity index (χ0) is 14.4. The summed E-state index contributed by atoms with van der Waals surface area (Å²) in [6, 6.07) is 19.0. The topological polar surface area (TPSA) is 35.5 Å². The zero-order valence-corrected chi connectivity index (χ0v) is 11.7. The highest BCUT2D eigenvalue weighted by Gasteiger charge is 2.42. The molecule has 3 heteroatoms. The third kappa shape index (κ3) is 2.50. The number of methoxy groups -OCH3 is 2. The molecule has 1 atom stereocenters. The zero-order valence-electron chi connectivity index (χ0n) is 11.7. The van der Waals surface area contributed by atoms with Crippen molar-refractivity contribution in [3.8, 4) is 0 Å². The second kappa shape index (κ2) is 6.46. The molecule has 0 saturated carbocycles. The van der Waals surface area contributed by atoms with Crippen LogP contribution in [-0.4, -0.2) is 20.5 Å². The number of hydrogen-bond donors (Lipinski definition) is 0. The molecule has 3 nitrogen and oxygen atoms in total. The summed E-state index contributed by atoms with van der Waals surface area (Å²) in [5.41, 5.74) is 1.67. The van der Waals surface area contributed by atoms with Crippen LogP contribution in [0.3, 0.4) is 0 Å². The van der Waals surface area contributed by atoms with E-state index in [4.69, 9.17) is 9.47 Å². The maximum atomic E-state index is 11.7. The minimum absolute atomic E-state index is 0.541. The molecular formula is C17H18O3. The fourth-order valence-electron chi connectivity index (χ4n) is 2.47. The lowest BCUT2D eigenvalue weighted by Crippen LogP contribution is -2.38. The Balaban J connectivity index is 2.54. The first kappa shape index (κ1) is 14.4. The summed E-state index contributed by atoms with van der Waals surface area (Å²) >= 11 is 0. The van der Waals surface area contributed by atoms with Gasteiger partial charge in [-0.05, 0) is 5.56 Å². The first-order chi connectivity index (χ1) is 9.78. The Morgan fingerprint density at radius 2 is 1.40 bits per heavy atom. The first-order valence-corrected chi connectivity index (χ1v) is 6.44. The maximum Gasteiger partial charge on any atom is 0.208 e. The van der Waals surface area contributed by atoms with Crippen LogP contribution in [-0.2, 0) is 20.1 Å². The third-order valence-corrected chi connectivity index (χ3v) is 3.49. The number of aldehydes is 1. The van der Waals surface area contributed by atoms with Gasteiger partial charge in [0.15, 0.2) is 0 Å². The molecule has 2 aromatic carbocycles. The number of carbonyl (C=O) groups excluding carboxylic acids is 1. The lowest BCUT2D eigenvalue weighted by atomic mass is 9.86. The molecule has 2 aromatic rings. The third-order valence-electron chi connectivity index (χ3n) is 3.49. The van der Waals surface area contributed by atoms with Gasteiger partial charge in [0.2, 0.25) is 5.79 Å². The quantitative estimate of drug-likeness (QED) is 0.597. The molecule has 0 fully saturated rings. The van der Waals surface area contributed by atoms with E-state index in [1.807, 2.05) is 60.7 Å². The van der Waals surface area contributed by atoms with E-state index >= 15 is 0 Å². The van der Waals surface area contributed by atoms with Crippen molar-refractivity contribution in [3.63, 3.8) is 0 Å². The molecule has 0 saturated heterocycles. The molecule has 0 heterocycles. The molecule has 1 unspecified atom stereocenters. The molecular weight excluding hydrogens is 252 g/mol. The van der Waals surface area contributed by atoms with E-state index in [1.54, 1.807) is 14.2 Å². The molecule has 20 heavy (non-hydrogen) atoms. The Hall–Kier alpha value is -1.97. The molecule has 0 aliphatic rings. The summed E-state index contributed by atoms with van der Waals surface area (Å²) < 4.78 is 11.3. The summed E-state index contributed by atoms with van der Waals surface area (Å²) in [6.07, 6.45) is 0.870. The number of benzene rings is 2. The molecule has 0 aromatic heterocycles. The van der Waals surface area contributed by atoms with E-state index in [2.05, 4.69) is 0 Å². The van der Waals surface area contributed by atoms with Crippen molar-refractivity contribution in [1.82, 2.24) is 0 Å². The van der Waals surface area contributed by atoms with Gasteiger partial charge < -0.3 is 14.3 Å². The van der Waals surface area contributed by atoms with E-state index in [0.29, 0.717) is 0 Å². The summed E-state index contributed by atoms with van der Waals surface area (Å²) in [6.45, 7) is 0. The van der Waals surface area contributed by atoms with E-state index in [9.17, 15) is 4.79 Å². The van der Waals surface area contributed by atoms with E-state index in [0.717, 1.165) is 17.4 Å². The Morgan fingerprint density at radius 3 is 1.85 bits per heavy atom. The normalized spacial score (nSPS) is 12.9. The van der Waals surface area contributed by atoms with Gasteiger partial charge in [0.1, 0.15) is 6.29 Å². The van der Waals surface area contributed by atoms with Crippen LogP contribution in [0.4, 0.5) is 0 Å². The van der Waals surface area contributed by atoms with E-state index in [-0.39, 0.29) is 0 Å². The Kier molecular flexibility index (Phi) is 4.66. The van der Waals surface area contributed by atoms with Gasteiger partial charge in [0.05, 0.1) is 5.92 Å². The molecule has 0 amide bonds. The first-order valence-electron chi connectivity index (χ1n) is 6.44. The summed E-state index contributed by atoms with van der Waals surface area (Å²) in [7, 11) is 3.10. The molecule has 0 radical (unpaired) electrons. The second-order valence-corrected chi connectivity index (χ2v) is 4.47. The van der Waals surface area contributed by atoms with Crippen molar-refractivity contribution in [1.29, 1.82) is 0 Å². The second-order valence-electron chi connectivity index (χ2n) is 4.47. The molecule has 0 bridgehead atoms. The minimum Gasteiger partial charge on any atom is -0.348 e. The van der Waals surface area contributed by atoms with Crippen molar-refractivity contribution in [2.45, 2.75) is 11.7 Å². The summed E-state index contributed by atoms with van der Waals surface area (Å²) in [4.78, 5) is 11.7. The highest BCUT2D eigenvalue weighted by molar-refractivity contribution is 5.65. The van der Waals surface area contributed by atoms with Crippen molar-refractivity contribution in [2.24, 2.45) is 0 Å². The monoisotopic (exact) mass is 270 g/mol. The standard InChI is InChI=1S/C17H18O3/c1-19-17(20-2,15-11-7-4-8-12-15)16(13-18)14-9-5-3-6-10-14/h3-13,16H,1-2H3. The highest BCUT2D eigenvalue weighted by atomic mass is 16.7. The van der Waals surface area contributed by atoms with Gasteiger partial charge in [-0.25, -0.2) is 0 Å². The average molecular weight is 270 g/mol. The Labute approximate surface area is 119 Å². The van der Waals surface area contributed by atoms with Crippen LogP contribution >= 0.6 is 0 Å². The van der Waals surface area contributed by atoms with Gasteiger partial charge in [-0.15, -0.1) is 0 Å². The highest BCUT2D eigenvalue weighted by Crippen LogP contribution is 2.39. The van der Waals surface area contributed by atoms with Crippen molar-refractivity contribution >= 4 is 6.29 Å². The fourth-order valence-corrected chi connectivity index (χ4v) is 2.47. The van der Waals surface area contributed by atoms with Gasteiger partial charge in [-0.3, -0.25) is 0 Å². The van der Waals surface area contributed by atoms with Gasteiger partial charge in [0.25, 0.3) is 0 Å². The van der Waals surface area contributed by atoms with Crippen LogP contribution in [0.2, 0.25) is 0 Å². The Bertz CT molecular complexity index is 533. The number of hydrogen-bond acceptors (Lipinski definition) is 3. The van der Waals surface area contributed by atoms with Gasteiger partial charge in [-0.1, -0.05) is 60.7 Å². The number of rotatable bonds is 6. The summed E-state index contributed by atoms with van der Waals surface area (Å²) in [5.74, 6) is -1.66. The molecule has 104 valence electrons. The molecule has 0 N–H and O–H groups in total. The molecule has 0 aliphatic heterocycles.